The zero-order chi connectivity index (χ0) is 16.2. The summed E-state index contributed by atoms with van der Waals surface area (Å²) in [5, 5.41) is 59.3. The lowest BCUT2D eigenvalue weighted by molar-refractivity contribution is -0.305. The number of amides is 1. The van der Waals surface area contributed by atoms with Crippen molar-refractivity contribution in [1.29, 1.82) is 0 Å². The average Bonchev–Trinajstić information content (AvgIpc) is 2.46. The van der Waals surface area contributed by atoms with E-state index in [0.29, 0.717) is 0 Å². The summed E-state index contributed by atoms with van der Waals surface area (Å²) in [6.07, 6.45) is -5.91. The minimum Gasteiger partial charge on any atom is -0.542 e. The smallest absolute Gasteiger partial charge is 0.246 e. The highest BCUT2D eigenvalue weighted by Gasteiger charge is 2.42. The highest BCUT2D eigenvalue weighted by atomic mass is 16.5. The lowest BCUT2D eigenvalue weighted by Gasteiger charge is -2.39. The van der Waals surface area contributed by atoms with Gasteiger partial charge in [-0.2, -0.15) is 0 Å². The Kier molecular flexibility index (Phi) is 6.05. The molecule has 0 fully saturated rings. The molecule has 1 aliphatic rings. The third kappa shape index (κ3) is 4.12. The van der Waals surface area contributed by atoms with Crippen molar-refractivity contribution in [2.24, 2.45) is 0 Å². The Hall–Kier alpha value is -1.72. The van der Waals surface area contributed by atoms with Gasteiger partial charge < -0.3 is 45.5 Å². The Morgan fingerprint density at radius 2 is 2.00 bits per heavy atom. The van der Waals surface area contributed by atoms with Gasteiger partial charge in [-0.15, -0.1) is 0 Å². The molecule has 21 heavy (non-hydrogen) atoms. The molecule has 1 rings (SSSR count). The number of nitrogens with one attached hydrogen (secondary N) is 1. The van der Waals surface area contributed by atoms with Crippen molar-refractivity contribution < 1.29 is 45.0 Å². The molecular formula is C11H16NO9-. The fourth-order valence-corrected chi connectivity index (χ4v) is 1.84. The van der Waals surface area contributed by atoms with Crippen LogP contribution in [0.5, 0.6) is 0 Å². The Bertz CT molecular complexity index is 424. The number of carbonyl (C=O) groups excluding carboxylic acids is 2. The second-order valence-corrected chi connectivity index (χ2v) is 4.38. The number of rotatable bonds is 6. The van der Waals surface area contributed by atoms with Gasteiger partial charge in [0.2, 0.25) is 5.91 Å². The maximum absolute atomic E-state index is 11.2. The maximum atomic E-state index is 11.2. The molecule has 0 aliphatic carbocycles. The van der Waals surface area contributed by atoms with Crippen molar-refractivity contribution in [3.8, 4) is 0 Å². The number of carboxylic acids is 1. The number of carboxylic acid groups (broad SMARTS) is 1. The van der Waals surface area contributed by atoms with E-state index in [4.69, 9.17) is 14.9 Å². The van der Waals surface area contributed by atoms with Gasteiger partial charge in [-0.25, -0.2) is 0 Å². The standard InChI is InChI=1S/C11H17NO9/c13-2-5(16)9(18)10-8(12-7(17)3-14)4(15)1-6(21-10)11(19)20/h1,4-5,8-10,13-16,18H,2-3H2,(H,12,17)(H,19,20)/p-1/t4-,5-,8-,9-,10?/m1/s1. The Morgan fingerprint density at radius 1 is 1.38 bits per heavy atom. The Morgan fingerprint density at radius 3 is 2.48 bits per heavy atom. The van der Waals surface area contributed by atoms with E-state index in [1.54, 1.807) is 0 Å². The lowest BCUT2D eigenvalue weighted by Crippen LogP contribution is -2.60. The molecule has 0 saturated heterocycles. The van der Waals surface area contributed by atoms with Crippen molar-refractivity contribution in [3.63, 3.8) is 0 Å². The molecule has 0 spiro atoms. The van der Waals surface area contributed by atoms with E-state index in [2.05, 4.69) is 5.32 Å². The van der Waals surface area contributed by atoms with Gasteiger partial charge in [0.05, 0.1) is 18.8 Å². The quantitative estimate of drug-likeness (QED) is 0.279. The lowest BCUT2D eigenvalue weighted by atomic mass is 9.94. The van der Waals surface area contributed by atoms with Crippen LogP contribution in [0.3, 0.4) is 0 Å². The summed E-state index contributed by atoms with van der Waals surface area (Å²) in [5.74, 6) is -3.47. The molecule has 6 N–H and O–H groups in total. The summed E-state index contributed by atoms with van der Waals surface area (Å²) in [6.45, 7) is -1.77. The van der Waals surface area contributed by atoms with Crippen molar-refractivity contribution in [2.45, 2.75) is 30.5 Å². The number of hydrogen-bond donors (Lipinski definition) is 6. The van der Waals surface area contributed by atoms with Crippen LogP contribution in [-0.2, 0) is 14.3 Å². The van der Waals surface area contributed by atoms with Gasteiger partial charge in [0, 0.05) is 0 Å². The summed E-state index contributed by atoms with van der Waals surface area (Å²) in [7, 11) is 0. The molecule has 0 radical (unpaired) electrons. The molecule has 120 valence electrons. The topological polar surface area (TPSA) is 180 Å². The molecule has 0 saturated carbocycles. The first-order chi connectivity index (χ1) is 9.81. The summed E-state index contributed by atoms with van der Waals surface area (Å²) in [6, 6.07) is -1.34. The van der Waals surface area contributed by atoms with E-state index in [0.717, 1.165) is 6.08 Å². The minimum atomic E-state index is -1.81. The van der Waals surface area contributed by atoms with E-state index >= 15 is 0 Å². The molecule has 0 aromatic carbocycles. The van der Waals surface area contributed by atoms with Crippen LogP contribution in [0.1, 0.15) is 0 Å². The second-order valence-electron chi connectivity index (χ2n) is 4.38. The third-order valence-corrected chi connectivity index (χ3v) is 2.90. The molecular weight excluding hydrogens is 290 g/mol. The normalized spacial score (nSPS) is 28.0. The molecule has 0 bridgehead atoms. The molecule has 5 atom stereocenters. The van der Waals surface area contributed by atoms with E-state index < -0.39 is 61.3 Å². The number of aliphatic hydroxyl groups excluding tert-OH is 5. The van der Waals surface area contributed by atoms with Crippen molar-refractivity contribution in [1.82, 2.24) is 5.32 Å². The zero-order valence-electron chi connectivity index (χ0n) is 10.7. The SMILES string of the molecule is O=C(CO)N[C@H]1C([C@H](O)[C@H](O)CO)OC(C(=O)[O-])=C[C@H]1O. The molecule has 0 aromatic heterocycles. The second kappa shape index (κ2) is 7.33. The molecule has 1 aliphatic heterocycles. The molecule has 1 amide bonds. The van der Waals surface area contributed by atoms with E-state index in [1.165, 1.54) is 0 Å². The zero-order valence-corrected chi connectivity index (χ0v) is 10.7. The van der Waals surface area contributed by atoms with Crippen LogP contribution in [0.15, 0.2) is 11.8 Å². The number of carbonyl (C=O) groups is 2. The van der Waals surface area contributed by atoms with Crippen molar-refractivity contribution in [3.05, 3.63) is 11.8 Å². The first-order valence-corrected chi connectivity index (χ1v) is 5.97. The van der Waals surface area contributed by atoms with Gasteiger partial charge >= 0.3 is 0 Å². The maximum Gasteiger partial charge on any atom is 0.246 e. The van der Waals surface area contributed by atoms with Gasteiger partial charge in [0.1, 0.15) is 30.5 Å². The van der Waals surface area contributed by atoms with Crippen LogP contribution in [-0.4, -0.2) is 81.1 Å². The van der Waals surface area contributed by atoms with Crippen molar-refractivity contribution in [2.75, 3.05) is 13.2 Å². The number of aliphatic hydroxyl groups is 5. The third-order valence-electron chi connectivity index (χ3n) is 2.90. The molecule has 1 unspecified atom stereocenters. The summed E-state index contributed by atoms with van der Waals surface area (Å²) in [4.78, 5) is 21.9. The number of aliphatic carboxylic acids is 1. The van der Waals surface area contributed by atoms with Gasteiger partial charge in [0.15, 0.2) is 6.10 Å². The molecule has 10 heteroatoms. The van der Waals surface area contributed by atoms with Gasteiger partial charge in [-0.05, 0) is 6.08 Å². The van der Waals surface area contributed by atoms with Gasteiger partial charge in [-0.3, -0.25) is 4.79 Å². The first-order valence-electron chi connectivity index (χ1n) is 5.97. The Balaban J connectivity index is 3.04. The highest BCUT2D eigenvalue weighted by molar-refractivity contribution is 5.83. The monoisotopic (exact) mass is 306 g/mol. The highest BCUT2D eigenvalue weighted by Crippen LogP contribution is 2.22. The van der Waals surface area contributed by atoms with Crippen LogP contribution in [0, 0.1) is 0 Å². The minimum absolute atomic E-state index is 0.742. The number of ether oxygens (including phenoxy) is 1. The largest absolute Gasteiger partial charge is 0.542 e. The molecule has 0 aromatic rings. The van der Waals surface area contributed by atoms with Crippen LogP contribution in [0.4, 0.5) is 0 Å². The summed E-state index contributed by atoms with van der Waals surface area (Å²) < 4.78 is 4.88. The van der Waals surface area contributed by atoms with Crippen molar-refractivity contribution >= 4 is 11.9 Å². The first kappa shape index (κ1) is 17.3. The van der Waals surface area contributed by atoms with Crippen LogP contribution in [0.2, 0.25) is 0 Å². The summed E-state index contributed by atoms with van der Waals surface area (Å²) >= 11 is 0. The van der Waals surface area contributed by atoms with Crippen LogP contribution >= 0.6 is 0 Å². The molecule has 1 heterocycles. The fourth-order valence-electron chi connectivity index (χ4n) is 1.84. The summed E-state index contributed by atoms with van der Waals surface area (Å²) in [5.41, 5.74) is 0. The predicted molar refractivity (Wildman–Crippen MR) is 62.1 cm³/mol. The van der Waals surface area contributed by atoms with Crippen LogP contribution in [0.25, 0.3) is 0 Å². The van der Waals surface area contributed by atoms with E-state index in [1.807, 2.05) is 0 Å². The average molecular weight is 306 g/mol. The Labute approximate surface area is 118 Å². The predicted octanol–water partition coefficient (Wildman–Crippen LogP) is -5.43. The van der Waals surface area contributed by atoms with E-state index in [-0.39, 0.29) is 0 Å². The van der Waals surface area contributed by atoms with Gasteiger partial charge in [-0.1, -0.05) is 0 Å². The molecule has 10 nitrogen and oxygen atoms in total. The fraction of sp³-hybridized carbons (Fsp3) is 0.636. The van der Waals surface area contributed by atoms with Crippen LogP contribution < -0.4 is 10.4 Å². The van der Waals surface area contributed by atoms with E-state index in [9.17, 15) is 30.0 Å². The number of hydrogen-bond acceptors (Lipinski definition) is 9. The van der Waals surface area contributed by atoms with Gasteiger partial charge in [0.25, 0.3) is 0 Å².